The quantitative estimate of drug-likeness (QED) is 0.871. The molecule has 0 saturated carbocycles. The van der Waals surface area contributed by atoms with Crippen LogP contribution in [0.2, 0.25) is 0 Å². The number of halogens is 1. The van der Waals surface area contributed by atoms with Crippen molar-refractivity contribution in [1.29, 1.82) is 0 Å². The second-order valence-electron chi connectivity index (χ2n) is 3.92. The highest BCUT2D eigenvalue weighted by Crippen LogP contribution is 2.14. The lowest BCUT2D eigenvalue weighted by molar-refractivity contribution is 0.295. The van der Waals surface area contributed by atoms with Crippen molar-refractivity contribution in [3.8, 4) is 0 Å². The number of rotatable bonds is 6. The summed E-state index contributed by atoms with van der Waals surface area (Å²) in [6.45, 7) is 9.82. The van der Waals surface area contributed by atoms with Crippen molar-refractivity contribution >= 4 is 21.6 Å². The van der Waals surface area contributed by atoms with Crippen LogP contribution in [-0.2, 0) is 0 Å². The third-order valence-corrected chi connectivity index (χ3v) is 2.98. The molecule has 1 heterocycles. The van der Waals surface area contributed by atoms with Gasteiger partial charge >= 0.3 is 0 Å². The van der Waals surface area contributed by atoms with E-state index in [1.807, 2.05) is 12.3 Å². The smallest absolute Gasteiger partial charge is 0.0540 e. The van der Waals surface area contributed by atoms with Crippen molar-refractivity contribution in [3.63, 3.8) is 0 Å². The lowest BCUT2D eigenvalue weighted by Gasteiger charge is -2.24. The topological polar surface area (TPSA) is 28.2 Å². The highest BCUT2D eigenvalue weighted by atomic mass is 79.9. The number of anilines is 1. The Balaban J connectivity index is 2.47. The van der Waals surface area contributed by atoms with E-state index in [4.69, 9.17) is 0 Å². The largest absolute Gasteiger partial charge is 0.380 e. The molecule has 1 N–H and O–H groups in total. The first-order valence-electron chi connectivity index (χ1n) is 5.75. The van der Waals surface area contributed by atoms with Crippen molar-refractivity contribution in [2.75, 3.05) is 25.0 Å². The molecule has 0 aromatic carbocycles. The highest BCUT2D eigenvalue weighted by molar-refractivity contribution is 9.10. The minimum absolute atomic E-state index is 0.427. The lowest BCUT2D eigenvalue weighted by Crippen LogP contribution is -2.34. The van der Waals surface area contributed by atoms with Gasteiger partial charge in [0.25, 0.3) is 0 Å². The van der Waals surface area contributed by atoms with Crippen molar-refractivity contribution in [3.05, 3.63) is 22.9 Å². The summed E-state index contributed by atoms with van der Waals surface area (Å²) in [5.74, 6) is 0. The van der Waals surface area contributed by atoms with Crippen LogP contribution in [-0.4, -0.2) is 35.6 Å². The monoisotopic (exact) mass is 285 g/mol. The normalized spacial score (nSPS) is 12.8. The summed E-state index contributed by atoms with van der Waals surface area (Å²) in [6, 6.07) is 2.47. The van der Waals surface area contributed by atoms with Gasteiger partial charge in [-0.05, 0) is 42.0 Å². The molecule has 1 atom stereocenters. The first kappa shape index (κ1) is 13.5. The second-order valence-corrected chi connectivity index (χ2v) is 4.84. The first-order valence-corrected chi connectivity index (χ1v) is 6.54. The first-order chi connectivity index (χ1) is 7.65. The summed E-state index contributed by atoms with van der Waals surface area (Å²) < 4.78 is 1.01. The van der Waals surface area contributed by atoms with Crippen molar-refractivity contribution in [1.82, 2.24) is 9.88 Å². The standard InChI is InChI=1S/C12H20BrN3/c1-4-16(5-2)9-10(3)15-12-6-11(13)7-14-8-12/h6-8,10,15H,4-5,9H2,1-3H3. The van der Waals surface area contributed by atoms with Crippen LogP contribution in [0.15, 0.2) is 22.9 Å². The van der Waals surface area contributed by atoms with Crippen LogP contribution in [0.3, 0.4) is 0 Å². The highest BCUT2D eigenvalue weighted by Gasteiger charge is 2.06. The van der Waals surface area contributed by atoms with Gasteiger partial charge in [0.1, 0.15) is 0 Å². The molecule has 0 radical (unpaired) electrons. The van der Waals surface area contributed by atoms with E-state index in [-0.39, 0.29) is 0 Å². The van der Waals surface area contributed by atoms with E-state index in [9.17, 15) is 0 Å². The Bertz CT molecular complexity index is 313. The Kier molecular flexibility index (Phi) is 5.77. The van der Waals surface area contributed by atoms with E-state index in [0.29, 0.717) is 6.04 Å². The fraction of sp³-hybridized carbons (Fsp3) is 0.583. The van der Waals surface area contributed by atoms with E-state index in [1.54, 1.807) is 6.20 Å². The maximum atomic E-state index is 4.13. The van der Waals surface area contributed by atoms with E-state index in [0.717, 1.165) is 29.8 Å². The van der Waals surface area contributed by atoms with Gasteiger partial charge in [0.2, 0.25) is 0 Å². The summed E-state index contributed by atoms with van der Waals surface area (Å²) in [7, 11) is 0. The van der Waals surface area contributed by atoms with Gasteiger partial charge in [0.05, 0.1) is 11.9 Å². The Morgan fingerprint density at radius 3 is 2.62 bits per heavy atom. The number of hydrogen-bond donors (Lipinski definition) is 1. The lowest BCUT2D eigenvalue weighted by atomic mass is 10.3. The predicted molar refractivity (Wildman–Crippen MR) is 72.8 cm³/mol. The molecule has 1 rings (SSSR count). The molecule has 1 unspecified atom stereocenters. The summed E-state index contributed by atoms with van der Waals surface area (Å²) in [5.41, 5.74) is 1.06. The Labute approximate surface area is 106 Å². The van der Waals surface area contributed by atoms with Gasteiger partial charge in [-0.1, -0.05) is 13.8 Å². The number of nitrogens with one attached hydrogen (secondary N) is 1. The number of nitrogens with zero attached hydrogens (tertiary/aromatic N) is 2. The molecular formula is C12H20BrN3. The zero-order valence-corrected chi connectivity index (χ0v) is 11.8. The van der Waals surface area contributed by atoms with E-state index < -0.39 is 0 Å². The summed E-state index contributed by atoms with van der Waals surface area (Å²) in [5, 5.41) is 3.45. The molecule has 0 aliphatic carbocycles. The molecule has 0 fully saturated rings. The van der Waals surface area contributed by atoms with Gasteiger partial charge in [0, 0.05) is 23.3 Å². The molecule has 4 heteroatoms. The maximum absolute atomic E-state index is 4.13. The van der Waals surface area contributed by atoms with Gasteiger partial charge in [-0.25, -0.2) is 0 Å². The van der Waals surface area contributed by atoms with Gasteiger partial charge in [-0.2, -0.15) is 0 Å². The van der Waals surface area contributed by atoms with E-state index >= 15 is 0 Å². The zero-order chi connectivity index (χ0) is 12.0. The number of likely N-dealkylation sites (N-methyl/N-ethyl adjacent to an activating group) is 1. The zero-order valence-electron chi connectivity index (χ0n) is 10.2. The molecular weight excluding hydrogens is 266 g/mol. The second kappa shape index (κ2) is 6.86. The van der Waals surface area contributed by atoms with Crippen molar-refractivity contribution in [2.45, 2.75) is 26.8 Å². The van der Waals surface area contributed by atoms with E-state index in [1.165, 1.54) is 0 Å². The summed E-state index contributed by atoms with van der Waals surface area (Å²) >= 11 is 3.42. The fourth-order valence-electron chi connectivity index (χ4n) is 1.69. The molecule has 0 amide bonds. The number of hydrogen-bond acceptors (Lipinski definition) is 3. The maximum Gasteiger partial charge on any atom is 0.0540 e. The van der Waals surface area contributed by atoms with Crippen LogP contribution in [0.25, 0.3) is 0 Å². The van der Waals surface area contributed by atoms with Crippen LogP contribution in [0.4, 0.5) is 5.69 Å². The van der Waals surface area contributed by atoms with Crippen LogP contribution >= 0.6 is 15.9 Å². The SMILES string of the molecule is CCN(CC)CC(C)Nc1cncc(Br)c1. The molecule has 0 bridgehead atoms. The Hall–Kier alpha value is -0.610. The molecule has 16 heavy (non-hydrogen) atoms. The average Bonchev–Trinajstić information content (AvgIpc) is 2.26. The molecule has 0 aliphatic heterocycles. The average molecular weight is 286 g/mol. The number of aromatic nitrogens is 1. The Morgan fingerprint density at radius 2 is 2.06 bits per heavy atom. The molecule has 1 aromatic rings. The molecule has 0 spiro atoms. The van der Waals surface area contributed by atoms with Crippen molar-refractivity contribution < 1.29 is 0 Å². The van der Waals surface area contributed by atoms with Gasteiger partial charge in [-0.3, -0.25) is 4.98 Å². The van der Waals surface area contributed by atoms with Gasteiger partial charge < -0.3 is 10.2 Å². The summed E-state index contributed by atoms with van der Waals surface area (Å²) in [6.07, 6.45) is 3.64. The van der Waals surface area contributed by atoms with Crippen LogP contribution in [0.1, 0.15) is 20.8 Å². The van der Waals surface area contributed by atoms with Gasteiger partial charge in [0.15, 0.2) is 0 Å². The third kappa shape index (κ3) is 4.49. The van der Waals surface area contributed by atoms with Crippen LogP contribution < -0.4 is 5.32 Å². The van der Waals surface area contributed by atoms with Crippen LogP contribution in [0, 0.1) is 0 Å². The fourth-order valence-corrected chi connectivity index (χ4v) is 2.05. The minimum atomic E-state index is 0.427. The number of pyridine rings is 1. The van der Waals surface area contributed by atoms with Crippen molar-refractivity contribution in [2.24, 2.45) is 0 Å². The molecule has 3 nitrogen and oxygen atoms in total. The van der Waals surface area contributed by atoms with Gasteiger partial charge in [-0.15, -0.1) is 0 Å². The molecule has 0 saturated heterocycles. The Morgan fingerprint density at radius 1 is 1.38 bits per heavy atom. The molecule has 1 aromatic heterocycles. The molecule has 0 aliphatic rings. The van der Waals surface area contributed by atoms with E-state index in [2.05, 4.69) is 51.9 Å². The predicted octanol–water partition coefficient (Wildman–Crippen LogP) is 2.99. The molecule has 90 valence electrons. The minimum Gasteiger partial charge on any atom is -0.380 e. The third-order valence-electron chi connectivity index (χ3n) is 2.54. The van der Waals surface area contributed by atoms with Crippen LogP contribution in [0.5, 0.6) is 0 Å². The summed E-state index contributed by atoms with van der Waals surface area (Å²) in [4.78, 5) is 6.54.